The summed E-state index contributed by atoms with van der Waals surface area (Å²) in [5, 5.41) is 0.0638. The third-order valence-electron chi connectivity index (χ3n) is 3.21. The Morgan fingerprint density at radius 3 is 2.38 bits per heavy atom. The van der Waals surface area contributed by atoms with Crippen molar-refractivity contribution in [2.24, 2.45) is 0 Å². The highest BCUT2D eigenvalue weighted by atomic mass is 31.2. The maximum absolute atomic E-state index is 14.8. The number of anilines is 1. The molecule has 0 aliphatic heterocycles. The summed E-state index contributed by atoms with van der Waals surface area (Å²) in [6.07, 6.45) is 4.39. The lowest BCUT2D eigenvalue weighted by Crippen LogP contribution is -2.46. The number of rotatable bonds is 4. The highest BCUT2D eigenvalue weighted by molar-refractivity contribution is 7.70. The molecule has 0 aliphatic rings. The topological polar surface area (TPSA) is 55.8 Å². The second-order valence-electron chi connectivity index (χ2n) is 6.57. The van der Waals surface area contributed by atoms with Crippen molar-refractivity contribution < 1.29 is 23.2 Å². The van der Waals surface area contributed by atoms with Crippen molar-refractivity contribution in [3.05, 3.63) is 17.9 Å². The van der Waals surface area contributed by atoms with Crippen molar-refractivity contribution in [2.45, 2.75) is 26.3 Å². The number of nitrogens with zero attached hydrogens (tertiary/aromatic N) is 1. The van der Waals surface area contributed by atoms with Crippen LogP contribution in [0.1, 0.15) is 20.8 Å². The number of methoxy groups -OCH3 is 1. The molecule has 0 fully saturated rings. The highest BCUT2D eigenvalue weighted by Crippen LogP contribution is 2.42. The minimum atomic E-state index is -2.84. The van der Waals surface area contributed by atoms with E-state index < -0.39 is 24.6 Å². The van der Waals surface area contributed by atoms with E-state index in [1.807, 2.05) is 0 Å². The van der Waals surface area contributed by atoms with Gasteiger partial charge in [-0.15, -0.1) is 6.42 Å². The molecule has 24 heavy (non-hydrogen) atoms. The van der Waals surface area contributed by atoms with Gasteiger partial charge < -0.3 is 14.0 Å². The summed E-state index contributed by atoms with van der Waals surface area (Å²) in [7, 11) is -1.56. The van der Waals surface area contributed by atoms with Crippen LogP contribution in [0.3, 0.4) is 0 Å². The van der Waals surface area contributed by atoms with Crippen molar-refractivity contribution in [2.75, 3.05) is 31.9 Å². The molecule has 0 saturated carbocycles. The van der Waals surface area contributed by atoms with Crippen LogP contribution in [0.5, 0.6) is 5.75 Å². The van der Waals surface area contributed by atoms with Gasteiger partial charge in [-0.1, -0.05) is 5.92 Å². The van der Waals surface area contributed by atoms with E-state index in [1.54, 1.807) is 20.8 Å². The molecule has 132 valence electrons. The van der Waals surface area contributed by atoms with Crippen LogP contribution in [0.25, 0.3) is 0 Å². The fraction of sp³-hybridized carbons (Fsp3) is 0.471. The molecule has 1 rings (SSSR count). The number of amides is 1. The van der Waals surface area contributed by atoms with E-state index in [9.17, 15) is 13.8 Å². The summed E-state index contributed by atoms with van der Waals surface area (Å²) in [6, 6.07) is 2.90. The lowest BCUT2D eigenvalue weighted by atomic mass is 10.1. The molecule has 0 unspecified atom stereocenters. The summed E-state index contributed by atoms with van der Waals surface area (Å²) < 4.78 is 37.2. The molecule has 1 amide bonds. The van der Waals surface area contributed by atoms with Crippen LogP contribution < -0.4 is 14.9 Å². The molecule has 0 aliphatic carbocycles. The molecule has 7 heteroatoms. The molecule has 1 aromatic carbocycles. The lowest BCUT2D eigenvalue weighted by molar-refractivity contribution is 0.161. The lowest BCUT2D eigenvalue weighted by Gasteiger charge is -2.35. The Bertz CT molecular complexity index is 713. The molecule has 0 bridgehead atoms. The van der Waals surface area contributed by atoms with Crippen LogP contribution in [0.4, 0.5) is 14.9 Å². The van der Waals surface area contributed by atoms with Gasteiger partial charge in [0.15, 0.2) is 18.2 Å². The van der Waals surface area contributed by atoms with E-state index in [0.29, 0.717) is 0 Å². The fourth-order valence-corrected chi connectivity index (χ4v) is 3.23. The molecule has 0 aromatic heterocycles. The second kappa shape index (κ2) is 7.27. The summed E-state index contributed by atoms with van der Waals surface area (Å²) >= 11 is 0. The number of ether oxygens (including phenoxy) is 2. The number of terminal acetylenes is 1. The quantitative estimate of drug-likeness (QED) is 0.613. The van der Waals surface area contributed by atoms with Gasteiger partial charge in [0.25, 0.3) is 0 Å². The average Bonchev–Trinajstić information content (AvgIpc) is 2.42. The van der Waals surface area contributed by atoms with E-state index in [-0.39, 0.29) is 23.3 Å². The molecule has 0 radical (unpaired) electrons. The van der Waals surface area contributed by atoms with E-state index >= 15 is 0 Å². The minimum Gasteiger partial charge on any atom is -0.492 e. The van der Waals surface area contributed by atoms with E-state index in [4.69, 9.17) is 15.9 Å². The average molecular weight is 355 g/mol. The van der Waals surface area contributed by atoms with Crippen molar-refractivity contribution in [3.63, 3.8) is 0 Å². The molecular formula is C17H23FNO4P. The van der Waals surface area contributed by atoms with Crippen molar-refractivity contribution in [1.82, 2.24) is 0 Å². The number of hydrogen-bond acceptors (Lipinski definition) is 4. The van der Waals surface area contributed by atoms with E-state index in [2.05, 4.69) is 5.92 Å². The van der Waals surface area contributed by atoms with Gasteiger partial charge >= 0.3 is 6.09 Å². The molecular weight excluding hydrogens is 332 g/mol. The highest BCUT2D eigenvalue weighted by Gasteiger charge is 2.34. The number of benzene rings is 1. The fourth-order valence-electron chi connectivity index (χ4n) is 2.22. The van der Waals surface area contributed by atoms with Crippen LogP contribution in [0.2, 0.25) is 0 Å². The summed E-state index contributed by atoms with van der Waals surface area (Å²) in [5.74, 6) is 1.30. The van der Waals surface area contributed by atoms with Crippen molar-refractivity contribution >= 4 is 24.2 Å². The largest absolute Gasteiger partial charge is 0.492 e. The number of hydrogen-bond donors (Lipinski definition) is 0. The summed E-state index contributed by atoms with van der Waals surface area (Å²) in [5.41, 5.74) is -0.545. The molecule has 1 aromatic rings. The third-order valence-corrected chi connectivity index (χ3v) is 4.72. The molecule has 0 heterocycles. The first kappa shape index (κ1) is 20.1. The summed E-state index contributed by atoms with van der Waals surface area (Å²) in [6.45, 7) is 8.02. The van der Waals surface area contributed by atoms with Crippen LogP contribution in [-0.4, -0.2) is 38.7 Å². The van der Waals surface area contributed by atoms with Crippen LogP contribution in [0, 0.1) is 18.2 Å². The SMILES string of the molecule is C#CCOC(=O)N(c1ccc(P(C)(C)=O)c(F)c1OC)C(C)(C)C. The van der Waals surface area contributed by atoms with Crippen molar-refractivity contribution in [1.29, 1.82) is 0 Å². The van der Waals surface area contributed by atoms with Gasteiger partial charge in [-0.2, -0.15) is 0 Å². The van der Waals surface area contributed by atoms with Gasteiger partial charge in [-0.05, 0) is 46.2 Å². The zero-order valence-electron chi connectivity index (χ0n) is 14.8. The predicted octanol–water partition coefficient (Wildman–Crippen LogP) is 3.46. The smallest absolute Gasteiger partial charge is 0.415 e. The molecule has 0 atom stereocenters. The Morgan fingerprint density at radius 2 is 1.96 bits per heavy atom. The number of halogens is 1. The Morgan fingerprint density at radius 1 is 1.38 bits per heavy atom. The molecule has 0 spiro atoms. The molecule has 0 saturated heterocycles. The second-order valence-corrected chi connectivity index (χ2v) is 9.75. The first-order chi connectivity index (χ1) is 10.9. The van der Waals surface area contributed by atoms with Crippen LogP contribution >= 0.6 is 7.14 Å². The number of carbonyl (C=O) groups is 1. The van der Waals surface area contributed by atoms with Crippen molar-refractivity contribution in [3.8, 4) is 18.1 Å². The van der Waals surface area contributed by atoms with Crippen LogP contribution in [0.15, 0.2) is 12.1 Å². The Balaban J connectivity index is 3.55. The van der Waals surface area contributed by atoms with Gasteiger partial charge in [0.1, 0.15) is 7.14 Å². The maximum atomic E-state index is 14.8. The first-order valence-corrected chi connectivity index (χ1v) is 9.87. The standard InChI is InChI=1S/C17H23FNO4P/c1-8-11-23-16(20)19(17(2,3)4)12-9-10-13(24(6,7)21)14(18)15(12)22-5/h1,9-10H,11H2,2-7H3. The number of carbonyl (C=O) groups excluding carboxylic acids is 1. The first-order valence-electron chi connectivity index (χ1n) is 7.27. The van der Waals surface area contributed by atoms with E-state index in [1.165, 1.54) is 37.5 Å². The Labute approximate surface area is 142 Å². The molecule has 5 nitrogen and oxygen atoms in total. The van der Waals surface area contributed by atoms with Gasteiger partial charge in [-0.25, -0.2) is 9.18 Å². The minimum absolute atomic E-state index is 0.0638. The Kier molecular flexibility index (Phi) is 6.08. The van der Waals surface area contributed by atoms with E-state index in [0.717, 1.165) is 0 Å². The van der Waals surface area contributed by atoms with Gasteiger partial charge in [-0.3, -0.25) is 4.90 Å². The zero-order chi connectivity index (χ0) is 18.7. The van der Waals surface area contributed by atoms with Gasteiger partial charge in [0, 0.05) is 5.54 Å². The predicted molar refractivity (Wildman–Crippen MR) is 94.5 cm³/mol. The monoisotopic (exact) mass is 355 g/mol. The normalized spacial score (nSPS) is 11.6. The van der Waals surface area contributed by atoms with Gasteiger partial charge in [0.2, 0.25) is 0 Å². The molecule has 0 N–H and O–H groups in total. The summed E-state index contributed by atoms with van der Waals surface area (Å²) in [4.78, 5) is 13.6. The zero-order valence-corrected chi connectivity index (χ0v) is 15.7. The van der Waals surface area contributed by atoms with Gasteiger partial charge in [0.05, 0.1) is 18.1 Å². The van der Waals surface area contributed by atoms with Crippen LogP contribution in [-0.2, 0) is 9.30 Å². The Hall–Kier alpha value is -1.99. The maximum Gasteiger partial charge on any atom is 0.415 e. The third kappa shape index (κ3) is 4.30.